The zero-order valence-electron chi connectivity index (χ0n) is 17.9. The molecule has 1 amide bonds. The smallest absolute Gasteiger partial charge is 0.228 e. The van der Waals surface area contributed by atoms with Crippen LogP contribution in [0, 0.1) is 11.6 Å². The number of carbonyl (C=O) groups excluding carboxylic acids is 1. The summed E-state index contributed by atoms with van der Waals surface area (Å²) in [6, 6.07) is 15.1. The van der Waals surface area contributed by atoms with E-state index in [4.69, 9.17) is 14.2 Å². The Bertz CT molecular complexity index is 1310. The minimum Gasteiger partial charge on any atom is -0.493 e. The fraction of sp³-hybridized carbons (Fsp3) is 0.120. The third-order valence-corrected chi connectivity index (χ3v) is 4.94. The molecule has 3 aromatic carbocycles. The van der Waals surface area contributed by atoms with Crippen molar-refractivity contribution in [3.8, 4) is 23.0 Å². The molecule has 0 unspecified atom stereocenters. The van der Waals surface area contributed by atoms with Crippen molar-refractivity contribution in [2.24, 2.45) is 0 Å². The van der Waals surface area contributed by atoms with Gasteiger partial charge >= 0.3 is 0 Å². The zero-order chi connectivity index (χ0) is 23.4. The standard InChI is InChI=1S/C25H20F2N2O4/c1-31-23-13-19-21(14-24(23)32-2)28-10-9-22(19)33-18-7-5-17(6-8-18)29-25(30)11-15-3-4-16(26)12-20(15)27/h3-10,12-14H,11H2,1-2H3,(H,29,30). The van der Waals surface area contributed by atoms with Crippen molar-refractivity contribution in [2.75, 3.05) is 19.5 Å². The number of methoxy groups -OCH3 is 2. The van der Waals surface area contributed by atoms with E-state index in [2.05, 4.69) is 10.3 Å². The number of carbonyl (C=O) groups is 1. The Kier molecular flexibility index (Phi) is 6.35. The van der Waals surface area contributed by atoms with Gasteiger partial charge in [0.2, 0.25) is 5.91 Å². The minimum absolute atomic E-state index is 0.116. The van der Waals surface area contributed by atoms with Gasteiger partial charge in [-0.05, 0) is 48.0 Å². The second-order valence-electron chi connectivity index (χ2n) is 7.12. The van der Waals surface area contributed by atoms with Crippen molar-refractivity contribution in [1.29, 1.82) is 0 Å². The summed E-state index contributed by atoms with van der Waals surface area (Å²) >= 11 is 0. The first-order valence-corrected chi connectivity index (χ1v) is 9.99. The Morgan fingerprint density at radius 2 is 1.64 bits per heavy atom. The highest BCUT2D eigenvalue weighted by Crippen LogP contribution is 2.37. The largest absolute Gasteiger partial charge is 0.493 e. The van der Waals surface area contributed by atoms with Crippen molar-refractivity contribution in [3.63, 3.8) is 0 Å². The first-order valence-electron chi connectivity index (χ1n) is 9.99. The number of hydrogen-bond acceptors (Lipinski definition) is 5. The van der Waals surface area contributed by atoms with E-state index in [1.807, 2.05) is 0 Å². The molecule has 0 fully saturated rings. The number of halogens is 2. The Balaban J connectivity index is 1.47. The van der Waals surface area contributed by atoms with E-state index < -0.39 is 17.5 Å². The summed E-state index contributed by atoms with van der Waals surface area (Å²) in [5.74, 6) is 0.369. The average molecular weight is 450 g/mol. The van der Waals surface area contributed by atoms with Gasteiger partial charge in [0, 0.05) is 29.4 Å². The molecule has 4 aromatic rings. The number of rotatable bonds is 7. The summed E-state index contributed by atoms with van der Waals surface area (Å²) < 4.78 is 43.5. The van der Waals surface area contributed by atoms with Crippen LogP contribution in [0.25, 0.3) is 10.9 Å². The van der Waals surface area contributed by atoms with E-state index >= 15 is 0 Å². The second-order valence-corrected chi connectivity index (χ2v) is 7.12. The van der Waals surface area contributed by atoms with Crippen LogP contribution in [0.4, 0.5) is 14.5 Å². The second kappa shape index (κ2) is 9.52. The Morgan fingerprint density at radius 3 is 2.33 bits per heavy atom. The molecule has 168 valence electrons. The van der Waals surface area contributed by atoms with Crippen molar-refractivity contribution in [2.45, 2.75) is 6.42 Å². The van der Waals surface area contributed by atoms with E-state index in [-0.39, 0.29) is 12.0 Å². The third-order valence-electron chi connectivity index (χ3n) is 4.94. The van der Waals surface area contributed by atoms with E-state index in [1.165, 1.54) is 6.07 Å². The lowest BCUT2D eigenvalue weighted by molar-refractivity contribution is -0.115. The van der Waals surface area contributed by atoms with Crippen molar-refractivity contribution >= 4 is 22.5 Å². The minimum atomic E-state index is -0.757. The van der Waals surface area contributed by atoms with Gasteiger partial charge in [0.1, 0.15) is 23.1 Å². The van der Waals surface area contributed by atoms with Crippen LogP contribution >= 0.6 is 0 Å². The van der Waals surface area contributed by atoms with Crippen molar-refractivity contribution in [3.05, 3.63) is 84.1 Å². The highest BCUT2D eigenvalue weighted by atomic mass is 19.1. The van der Waals surface area contributed by atoms with Gasteiger partial charge in [0.15, 0.2) is 11.5 Å². The SMILES string of the molecule is COc1cc2nccc(Oc3ccc(NC(=O)Cc4ccc(F)cc4F)cc3)c2cc1OC. The molecule has 8 heteroatoms. The molecule has 0 saturated heterocycles. The molecule has 1 aromatic heterocycles. The van der Waals surface area contributed by atoms with Gasteiger partial charge in [-0.2, -0.15) is 0 Å². The number of benzene rings is 3. The molecule has 4 rings (SSSR count). The molecule has 0 radical (unpaired) electrons. The van der Waals surface area contributed by atoms with Crippen LogP contribution in [0.2, 0.25) is 0 Å². The summed E-state index contributed by atoms with van der Waals surface area (Å²) in [5.41, 5.74) is 1.31. The highest BCUT2D eigenvalue weighted by Gasteiger charge is 2.12. The third kappa shape index (κ3) is 5.01. The molecule has 0 saturated carbocycles. The van der Waals surface area contributed by atoms with E-state index in [9.17, 15) is 13.6 Å². The number of anilines is 1. The monoisotopic (exact) mass is 450 g/mol. The average Bonchev–Trinajstić information content (AvgIpc) is 2.81. The van der Waals surface area contributed by atoms with Gasteiger partial charge in [-0.25, -0.2) is 8.78 Å². The molecule has 0 aliphatic heterocycles. The van der Waals surface area contributed by atoms with Crippen LogP contribution in [0.3, 0.4) is 0 Å². The summed E-state index contributed by atoms with van der Waals surface area (Å²) in [7, 11) is 3.11. The fourth-order valence-corrected chi connectivity index (χ4v) is 3.31. The van der Waals surface area contributed by atoms with E-state index in [1.54, 1.807) is 62.9 Å². The summed E-state index contributed by atoms with van der Waals surface area (Å²) in [6.45, 7) is 0. The highest BCUT2D eigenvalue weighted by molar-refractivity contribution is 5.92. The number of nitrogens with zero attached hydrogens (tertiary/aromatic N) is 1. The Labute approximate surface area is 188 Å². The summed E-state index contributed by atoms with van der Waals surface area (Å²) in [5, 5.41) is 3.43. The molecule has 1 N–H and O–H groups in total. The summed E-state index contributed by atoms with van der Waals surface area (Å²) in [4.78, 5) is 16.6. The van der Waals surface area contributed by atoms with Gasteiger partial charge in [-0.15, -0.1) is 0 Å². The molecule has 33 heavy (non-hydrogen) atoms. The number of nitrogens with one attached hydrogen (secondary N) is 1. The molecule has 0 aliphatic rings. The Morgan fingerprint density at radius 1 is 0.909 bits per heavy atom. The van der Waals surface area contributed by atoms with E-state index in [0.717, 1.165) is 17.5 Å². The normalized spacial score (nSPS) is 10.7. The summed E-state index contributed by atoms with van der Waals surface area (Å²) in [6.07, 6.45) is 1.42. The maximum absolute atomic E-state index is 13.8. The van der Waals surface area contributed by atoms with Crippen LogP contribution in [0.1, 0.15) is 5.56 Å². The predicted molar refractivity (Wildman–Crippen MR) is 120 cm³/mol. The fourth-order valence-electron chi connectivity index (χ4n) is 3.31. The molecule has 0 bridgehead atoms. The zero-order valence-corrected chi connectivity index (χ0v) is 17.9. The van der Waals surface area contributed by atoms with Gasteiger partial charge < -0.3 is 19.5 Å². The predicted octanol–water partition coefficient (Wildman–Crippen LogP) is 5.50. The van der Waals surface area contributed by atoms with Gasteiger partial charge in [0.25, 0.3) is 0 Å². The number of pyridine rings is 1. The van der Waals surface area contributed by atoms with Gasteiger partial charge in [-0.1, -0.05) is 6.07 Å². The molecule has 0 atom stereocenters. The lowest BCUT2D eigenvalue weighted by Gasteiger charge is -2.13. The molecule has 6 nitrogen and oxygen atoms in total. The van der Waals surface area contributed by atoms with Crippen molar-refractivity contribution in [1.82, 2.24) is 4.98 Å². The van der Waals surface area contributed by atoms with Crippen LogP contribution in [0.5, 0.6) is 23.0 Å². The van der Waals surface area contributed by atoms with Gasteiger partial charge in [-0.3, -0.25) is 9.78 Å². The number of fused-ring (bicyclic) bond motifs is 1. The van der Waals surface area contributed by atoms with Crippen molar-refractivity contribution < 1.29 is 27.8 Å². The first kappa shape index (κ1) is 22.0. The maximum atomic E-state index is 13.8. The van der Waals surface area contributed by atoms with E-state index in [0.29, 0.717) is 34.2 Å². The first-order chi connectivity index (χ1) is 16.0. The van der Waals surface area contributed by atoms with Crippen LogP contribution in [-0.2, 0) is 11.2 Å². The molecular formula is C25H20F2N2O4. The molecule has 1 heterocycles. The number of amides is 1. The molecule has 0 spiro atoms. The molecular weight excluding hydrogens is 430 g/mol. The lowest BCUT2D eigenvalue weighted by Crippen LogP contribution is -2.15. The maximum Gasteiger partial charge on any atom is 0.228 e. The van der Waals surface area contributed by atoms with Crippen LogP contribution in [-0.4, -0.2) is 25.1 Å². The Hall–Kier alpha value is -4.20. The molecule has 0 aliphatic carbocycles. The number of hydrogen-bond donors (Lipinski definition) is 1. The topological polar surface area (TPSA) is 69.7 Å². The quantitative estimate of drug-likeness (QED) is 0.402. The van der Waals surface area contributed by atoms with Crippen LogP contribution < -0.4 is 19.5 Å². The number of aromatic nitrogens is 1. The van der Waals surface area contributed by atoms with Gasteiger partial charge in [0.05, 0.1) is 26.2 Å². The lowest BCUT2D eigenvalue weighted by atomic mass is 10.1. The van der Waals surface area contributed by atoms with Crippen LogP contribution in [0.15, 0.2) is 66.9 Å². The number of ether oxygens (including phenoxy) is 3.